The molecular formula is C13H12ClN3S. The summed E-state index contributed by atoms with van der Waals surface area (Å²) in [7, 11) is 0. The highest BCUT2D eigenvalue weighted by Crippen LogP contribution is 2.21. The zero-order valence-electron chi connectivity index (χ0n) is 9.61. The molecule has 0 fully saturated rings. The standard InChI is InChI=1S/C13H12ClN3S/c14-12-4-3-10(18-12)8-15-6-9-7-17-13-11(9)2-1-5-16-13/h1-5,7,15H,6,8H2,(H,16,17). The Labute approximate surface area is 114 Å². The monoisotopic (exact) mass is 277 g/mol. The summed E-state index contributed by atoms with van der Waals surface area (Å²) in [5.41, 5.74) is 2.18. The first-order valence-electron chi connectivity index (χ1n) is 5.69. The number of aromatic nitrogens is 2. The lowest BCUT2D eigenvalue weighted by Crippen LogP contribution is -2.11. The van der Waals surface area contributed by atoms with Crippen LogP contribution < -0.4 is 5.32 Å². The van der Waals surface area contributed by atoms with E-state index in [1.54, 1.807) is 17.5 Å². The number of aromatic amines is 1. The third-order valence-electron chi connectivity index (χ3n) is 2.78. The van der Waals surface area contributed by atoms with Crippen LogP contribution in [0.3, 0.4) is 0 Å². The Morgan fingerprint density at radius 1 is 1.28 bits per heavy atom. The van der Waals surface area contributed by atoms with Crippen molar-refractivity contribution in [3.05, 3.63) is 51.4 Å². The highest BCUT2D eigenvalue weighted by atomic mass is 35.5. The van der Waals surface area contributed by atoms with Crippen LogP contribution in [-0.2, 0) is 13.1 Å². The van der Waals surface area contributed by atoms with Crippen LogP contribution in [0.4, 0.5) is 0 Å². The third-order valence-corrected chi connectivity index (χ3v) is 4.01. The van der Waals surface area contributed by atoms with Crippen LogP contribution in [0.5, 0.6) is 0 Å². The summed E-state index contributed by atoms with van der Waals surface area (Å²) < 4.78 is 0.836. The van der Waals surface area contributed by atoms with Crippen molar-refractivity contribution in [3.8, 4) is 0 Å². The van der Waals surface area contributed by atoms with Gasteiger partial charge in [-0.2, -0.15) is 0 Å². The van der Waals surface area contributed by atoms with Gasteiger partial charge in [0.25, 0.3) is 0 Å². The molecule has 3 nitrogen and oxygen atoms in total. The Balaban J connectivity index is 1.66. The summed E-state index contributed by atoms with van der Waals surface area (Å²) >= 11 is 7.51. The topological polar surface area (TPSA) is 40.7 Å². The van der Waals surface area contributed by atoms with E-state index in [1.807, 2.05) is 18.3 Å². The molecule has 0 radical (unpaired) electrons. The first kappa shape index (κ1) is 11.7. The molecule has 0 saturated carbocycles. The van der Waals surface area contributed by atoms with Crippen molar-refractivity contribution in [1.82, 2.24) is 15.3 Å². The second-order valence-electron chi connectivity index (χ2n) is 4.02. The lowest BCUT2D eigenvalue weighted by molar-refractivity contribution is 0.704. The van der Waals surface area contributed by atoms with E-state index in [2.05, 4.69) is 27.4 Å². The minimum atomic E-state index is 0.821. The smallest absolute Gasteiger partial charge is 0.137 e. The van der Waals surface area contributed by atoms with Gasteiger partial charge in [-0.15, -0.1) is 11.3 Å². The molecule has 3 aromatic heterocycles. The molecular weight excluding hydrogens is 266 g/mol. The molecule has 0 unspecified atom stereocenters. The highest BCUT2D eigenvalue weighted by Gasteiger charge is 2.03. The molecule has 5 heteroatoms. The van der Waals surface area contributed by atoms with Crippen LogP contribution in [-0.4, -0.2) is 9.97 Å². The molecule has 3 rings (SSSR count). The summed E-state index contributed by atoms with van der Waals surface area (Å²) in [5, 5.41) is 4.59. The molecule has 0 aromatic carbocycles. The number of nitrogens with one attached hydrogen (secondary N) is 2. The molecule has 3 aromatic rings. The number of pyridine rings is 1. The summed E-state index contributed by atoms with van der Waals surface area (Å²) in [6, 6.07) is 8.02. The molecule has 0 aliphatic carbocycles. The Kier molecular flexibility index (Phi) is 3.32. The minimum absolute atomic E-state index is 0.821. The Morgan fingerprint density at radius 2 is 2.22 bits per heavy atom. The van der Waals surface area contributed by atoms with Crippen molar-refractivity contribution in [2.45, 2.75) is 13.1 Å². The van der Waals surface area contributed by atoms with Gasteiger partial charge < -0.3 is 10.3 Å². The van der Waals surface area contributed by atoms with E-state index in [0.717, 1.165) is 23.1 Å². The van der Waals surface area contributed by atoms with Crippen LogP contribution in [0.25, 0.3) is 11.0 Å². The fourth-order valence-electron chi connectivity index (χ4n) is 1.93. The van der Waals surface area contributed by atoms with Crippen LogP contribution >= 0.6 is 22.9 Å². The molecule has 0 atom stereocenters. The summed E-state index contributed by atoms with van der Waals surface area (Å²) in [6.45, 7) is 1.66. The normalized spacial score (nSPS) is 11.2. The van der Waals surface area contributed by atoms with Crippen molar-refractivity contribution in [2.24, 2.45) is 0 Å². The fourth-order valence-corrected chi connectivity index (χ4v) is 2.98. The SMILES string of the molecule is Clc1ccc(CNCc2c[nH]c3ncccc23)s1. The first-order chi connectivity index (χ1) is 8.83. The van der Waals surface area contributed by atoms with Gasteiger partial charge in [-0.3, -0.25) is 0 Å². The molecule has 18 heavy (non-hydrogen) atoms. The van der Waals surface area contributed by atoms with Gasteiger partial charge >= 0.3 is 0 Å². The van der Waals surface area contributed by atoms with Crippen LogP contribution in [0.1, 0.15) is 10.4 Å². The number of nitrogens with zero attached hydrogens (tertiary/aromatic N) is 1. The number of halogens is 1. The number of H-pyrrole nitrogens is 1. The van der Waals surface area contributed by atoms with Gasteiger partial charge in [0.2, 0.25) is 0 Å². The predicted octanol–water partition coefficient (Wildman–Crippen LogP) is 3.57. The number of hydrogen-bond acceptors (Lipinski definition) is 3. The quantitative estimate of drug-likeness (QED) is 0.765. The third kappa shape index (κ3) is 2.41. The zero-order chi connectivity index (χ0) is 12.4. The molecule has 2 N–H and O–H groups in total. The average molecular weight is 278 g/mol. The summed E-state index contributed by atoms with van der Waals surface area (Å²) in [6.07, 6.45) is 3.80. The molecule has 0 saturated heterocycles. The number of fused-ring (bicyclic) bond motifs is 1. The maximum absolute atomic E-state index is 5.89. The van der Waals surface area contributed by atoms with Gasteiger partial charge in [0.1, 0.15) is 5.65 Å². The van der Waals surface area contributed by atoms with Crippen LogP contribution in [0.15, 0.2) is 36.7 Å². The summed E-state index contributed by atoms with van der Waals surface area (Å²) in [4.78, 5) is 8.69. The van der Waals surface area contributed by atoms with Crippen molar-refractivity contribution >= 4 is 34.0 Å². The largest absolute Gasteiger partial charge is 0.346 e. The first-order valence-corrected chi connectivity index (χ1v) is 6.88. The Morgan fingerprint density at radius 3 is 3.06 bits per heavy atom. The maximum atomic E-state index is 5.89. The van der Waals surface area contributed by atoms with Gasteiger partial charge in [-0.25, -0.2) is 4.98 Å². The fraction of sp³-hybridized carbons (Fsp3) is 0.154. The van der Waals surface area contributed by atoms with E-state index in [1.165, 1.54) is 15.8 Å². The van der Waals surface area contributed by atoms with E-state index in [-0.39, 0.29) is 0 Å². The molecule has 0 aliphatic heterocycles. The average Bonchev–Trinajstić information content (AvgIpc) is 2.97. The van der Waals surface area contributed by atoms with Crippen molar-refractivity contribution in [1.29, 1.82) is 0 Å². The lowest BCUT2D eigenvalue weighted by atomic mass is 10.2. The van der Waals surface area contributed by atoms with Gasteiger partial charge in [0.05, 0.1) is 4.34 Å². The number of thiophene rings is 1. The molecule has 0 spiro atoms. The highest BCUT2D eigenvalue weighted by molar-refractivity contribution is 7.16. The van der Waals surface area contributed by atoms with Crippen LogP contribution in [0.2, 0.25) is 4.34 Å². The number of rotatable bonds is 4. The molecule has 0 bridgehead atoms. The van der Waals surface area contributed by atoms with E-state index in [9.17, 15) is 0 Å². The second-order valence-corrected chi connectivity index (χ2v) is 5.82. The molecule has 0 amide bonds. The minimum Gasteiger partial charge on any atom is -0.346 e. The van der Waals surface area contributed by atoms with E-state index in [0.29, 0.717) is 0 Å². The lowest BCUT2D eigenvalue weighted by Gasteiger charge is -2.01. The van der Waals surface area contributed by atoms with Crippen molar-refractivity contribution in [2.75, 3.05) is 0 Å². The van der Waals surface area contributed by atoms with Gasteiger partial charge in [-0.05, 0) is 29.8 Å². The molecule has 3 heterocycles. The van der Waals surface area contributed by atoms with E-state index >= 15 is 0 Å². The van der Waals surface area contributed by atoms with E-state index < -0.39 is 0 Å². The van der Waals surface area contributed by atoms with Gasteiger partial charge in [0.15, 0.2) is 0 Å². The van der Waals surface area contributed by atoms with Gasteiger partial charge in [-0.1, -0.05) is 11.6 Å². The Hall–Kier alpha value is -1.36. The van der Waals surface area contributed by atoms with Crippen molar-refractivity contribution in [3.63, 3.8) is 0 Å². The maximum Gasteiger partial charge on any atom is 0.137 e. The summed E-state index contributed by atoms with van der Waals surface area (Å²) in [5.74, 6) is 0. The zero-order valence-corrected chi connectivity index (χ0v) is 11.2. The Bertz CT molecular complexity index is 659. The van der Waals surface area contributed by atoms with E-state index in [4.69, 9.17) is 11.6 Å². The predicted molar refractivity (Wildman–Crippen MR) is 76.0 cm³/mol. The second kappa shape index (κ2) is 5.10. The van der Waals surface area contributed by atoms with Crippen molar-refractivity contribution < 1.29 is 0 Å². The molecule has 0 aliphatic rings. The molecule has 92 valence electrons. The van der Waals surface area contributed by atoms with Crippen LogP contribution in [0, 0.1) is 0 Å². The number of hydrogen-bond donors (Lipinski definition) is 2. The van der Waals surface area contributed by atoms with Gasteiger partial charge in [0, 0.05) is 35.7 Å².